The Bertz CT molecular complexity index is 923. The van der Waals surface area contributed by atoms with E-state index >= 15 is 0 Å². The number of hydrogen-bond acceptors (Lipinski definition) is 3. The Morgan fingerprint density at radius 3 is 2.65 bits per heavy atom. The van der Waals surface area contributed by atoms with Gasteiger partial charge in [0, 0.05) is 18.1 Å². The number of nitrogens with zero attached hydrogens (tertiary/aromatic N) is 2. The molecular weight excluding hydrogens is 344 g/mol. The SMILES string of the molecule is CCN(C)CCc1cc(C)c(Oc2ccnc3c(Cl)cccc23)cc1C. The lowest BCUT2D eigenvalue weighted by molar-refractivity contribution is 0.357. The maximum Gasteiger partial charge on any atom is 0.138 e. The zero-order valence-electron chi connectivity index (χ0n) is 15.8. The number of halogens is 1. The monoisotopic (exact) mass is 368 g/mol. The van der Waals surface area contributed by atoms with Gasteiger partial charge < -0.3 is 9.64 Å². The summed E-state index contributed by atoms with van der Waals surface area (Å²) < 4.78 is 6.25. The van der Waals surface area contributed by atoms with Crippen molar-refractivity contribution in [1.82, 2.24) is 9.88 Å². The minimum Gasteiger partial charge on any atom is -0.456 e. The Kier molecular flexibility index (Phi) is 5.80. The minimum absolute atomic E-state index is 0.635. The molecule has 26 heavy (non-hydrogen) atoms. The van der Waals surface area contributed by atoms with E-state index in [0.717, 1.165) is 47.5 Å². The van der Waals surface area contributed by atoms with Crippen LogP contribution in [-0.4, -0.2) is 30.0 Å². The van der Waals surface area contributed by atoms with Crippen molar-refractivity contribution < 1.29 is 4.74 Å². The van der Waals surface area contributed by atoms with Crippen LogP contribution in [0.5, 0.6) is 11.5 Å². The van der Waals surface area contributed by atoms with Crippen LogP contribution in [-0.2, 0) is 6.42 Å². The maximum atomic E-state index is 6.26. The number of aromatic nitrogens is 1. The smallest absolute Gasteiger partial charge is 0.138 e. The molecule has 0 aliphatic carbocycles. The molecule has 1 aromatic heterocycles. The van der Waals surface area contributed by atoms with Crippen molar-refractivity contribution in [3.8, 4) is 11.5 Å². The summed E-state index contributed by atoms with van der Waals surface area (Å²) in [5.41, 5.74) is 4.53. The molecule has 0 N–H and O–H groups in total. The Balaban J connectivity index is 1.89. The Morgan fingerprint density at radius 2 is 1.88 bits per heavy atom. The largest absolute Gasteiger partial charge is 0.456 e. The topological polar surface area (TPSA) is 25.4 Å². The summed E-state index contributed by atoms with van der Waals surface area (Å²) in [6.45, 7) is 8.55. The zero-order chi connectivity index (χ0) is 18.7. The van der Waals surface area contributed by atoms with E-state index in [2.05, 4.69) is 49.8 Å². The van der Waals surface area contributed by atoms with Gasteiger partial charge in [-0.3, -0.25) is 4.98 Å². The lowest BCUT2D eigenvalue weighted by Crippen LogP contribution is -2.20. The molecule has 4 heteroatoms. The summed E-state index contributed by atoms with van der Waals surface area (Å²) >= 11 is 6.26. The fourth-order valence-corrected chi connectivity index (χ4v) is 3.24. The Hall–Kier alpha value is -2.10. The average Bonchev–Trinajstić information content (AvgIpc) is 2.64. The molecule has 1 heterocycles. The fraction of sp³-hybridized carbons (Fsp3) is 0.318. The number of para-hydroxylation sites is 1. The number of ether oxygens (including phenoxy) is 1. The summed E-state index contributed by atoms with van der Waals surface area (Å²) in [7, 11) is 2.15. The van der Waals surface area contributed by atoms with Crippen molar-refractivity contribution in [2.45, 2.75) is 27.2 Å². The fourth-order valence-electron chi connectivity index (χ4n) is 3.02. The quantitative estimate of drug-likeness (QED) is 0.550. The molecule has 2 aromatic carbocycles. The molecule has 0 unspecified atom stereocenters. The van der Waals surface area contributed by atoms with Crippen molar-refractivity contribution in [3.05, 3.63) is 64.3 Å². The van der Waals surface area contributed by atoms with E-state index < -0.39 is 0 Å². The Morgan fingerprint density at radius 1 is 1.08 bits per heavy atom. The van der Waals surface area contributed by atoms with Gasteiger partial charge in [-0.1, -0.05) is 30.7 Å². The molecule has 3 nitrogen and oxygen atoms in total. The molecule has 136 valence electrons. The van der Waals surface area contributed by atoms with E-state index in [-0.39, 0.29) is 0 Å². The summed E-state index contributed by atoms with van der Waals surface area (Å²) in [6, 6.07) is 12.0. The van der Waals surface area contributed by atoms with E-state index in [1.165, 1.54) is 11.1 Å². The van der Waals surface area contributed by atoms with Crippen LogP contribution < -0.4 is 4.74 Å². The lowest BCUT2D eigenvalue weighted by Gasteiger charge is -2.17. The molecule has 0 radical (unpaired) electrons. The van der Waals surface area contributed by atoms with Crippen LogP contribution in [0.4, 0.5) is 0 Å². The van der Waals surface area contributed by atoms with Gasteiger partial charge in [0.1, 0.15) is 11.5 Å². The van der Waals surface area contributed by atoms with Gasteiger partial charge in [0.05, 0.1) is 10.5 Å². The first-order chi connectivity index (χ1) is 12.5. The van der Waals surface area contributed by atoms with E-state index in [0.29, 0.717) is 5.02 Å². The van der Waals surface area contributed by atoms with Crippen LogP contribution in [0.3, 0.4) is 0 Å². The van der Waals surface area contributed by atoms with Crippen molar-refractivity contribution in [2.24, 2.45) is 0 Å². The predicted molar refractivity (Wildman–Crippen MR) is 110 cm³/mol. The highest BCUT2D eigenvalue weighted by molar-refractivity contribution is 6.35. The first kappa shape index (κ1) is 18.7. The van der Waals surface area contributed by atoms with Crippen molar-refractivity contribution >= 4 is 22.5 Å². The molecular formula is C22H25ClN2O. The first-order valence-corrected chi connectivity index (χ1v) is 9.37. The highest BCUT2D eigenvalue weighted by Gasteiger charge is 2.11. The number of likely N-dealkylation sites (N-methyl/N-ethyl adjacent to an activating group) is 1. The molecule has 0 saturated heterocycles. The van der Waals surface area contributed by atoms with Gasteiger partial charge in [0.2, 0.25) is 0 Å². The third-order valence-electron chi connectivity index (χ3n) is 4.84. The van der Waals surface area contributed by atoms with Gasteiger partial charge in [-0.05, 0) is 74.8 Å². The van der Waals surface area contributed by atoms with E-state index in [9.17, 15) is 0 Å². The third-order valence-corrected chi connectivity index (χ3v) is 5.14. The van der Waals surface area contributed by atoms with Gasteiger partial charge in [-0.15, -0.1) is 0 Å². The lowest BCUT2D eigenvalue weighted by atomic mass is 10.0. The Labute approximate surface area is 160 Å². The van der Waals surface area contributed by atoms with Crippen LogP contribution in [0.1, 0.15) is 23.6 Å². The minimum atomic E-state index is 0.635. The molecule has 0 amide bonds. The second-order valence-electron chi connectivity index (χ2n) is 6.74. The molecule has 0 fully saturated rings. The number of hydrogen-bond donors (Lipinski definition) is 0. The number of rotatable bonds is 6. The molecule has 0 aliphatic heterocycles. The highest BCUT2D eigenvalue weighted by Crippen LogP contribution is 2.34. The van der Waals surface area contributed by atoms with Gasteiger partial charge in [-0.25, -0.2) is 0 Å². The van der Waals surface area contributed by atoms with Crippen molar-refractivity contribution in [2.75, 3.05) is 20.1 Å². The number of pyridine rings is 1. The van der Waals surface area contributed by atoms with E-state index in [1.54, 1.807) is 6.20 Å². The van der Waals surface area contributed by atoms with Crippen LogP contribution >= 0.6 is 11.6 Å². The summed E-state index contributed by atoms with van der Waals surface area (Å²) in [6.07, 6.45) is 2.78. The van der Waals surface area contributed by atoms with Gasteiger partial charge in [0.15, 0.2) is 0 Å². The first-order valence-electron chi connectivity index (χ1n) is 8.99. The molecule has 3 aromatic rings. The predicted octanol–water partition coefficient (Wildman–Crippen LogP) is 5.79. The zero-order valence-corrected chi connectivity index (χ0v) is 16.6. The summed E-state index contributed by atoms with van der Waals surface area (Å²) in [5.74, 6) is 1.65. The number of fused-ring (bicyclic) bond motifs is 1. The summed E-state index contributed by atoms with van der Waals surface area (Å²) in [4.78, 5) is 6.69. The van der Waals surface area contributed by atoms with Crippen molar-refractivity contribution in [3.63, 3.8) is 0 Å². The second kappa shape index (κ2) is 8.07. The maximum absolute atomic E-state index is 6.26. The molecule has 3 rings (SSSR count). The number of aryl methyl sites for hydroxylation is 2. The highest BCUT2D eigenvalue weighted by atomic mass is 35.5. The summed E-state index contributed by atoms with van der Waals surface area (Å²) in [5, 5.41) is 1.56. The molecule has 0 atom stereocenters. The molecule has 0 bridgehead atoms. The van der Waals surface area contributed by atoms with Crippen LogP contribution in [0.25, 0.3) is 10.9 Å². The van der Waals surface area contributed by atoms with Gasteiger partial charge >= 0.3 is 0 Å². The second-order valence-corrected chi connectivity index (χ2v) is 7.14. The average molecular weight is 369 g/mol. The van der Waals surface area contributed by atoms with Crippen molar-refractivity contribution in [1.29, 1.82) is 0 Å². The van der Waals surface area contributed by atoms with E-state index in [1.807, 2.05) is 24.3 Å². The third kappa shape index (κ3) is 4.00. The molecule has 0 saturated carbocycles. The van der Waals surface area contributed by atoms with Crippen LogP contribution in [0.15, 0.2) is 42.6 Å². The van der Waals surface area contributed by atoms with Gasteiger partial charge in [0.25, 0.3) is 0 Å². The standard InChI is InChI=1S/C22H25ClN2O/c1-5-25(4)12-10-17-13-16(3)21(14-15(17)2)26-20-9-11-24-22-18(20)7-6-8-19(22)23/h6-9,11,13-14H,5,10,12H2,1-4H3. The van der Waals surface area contributed by atoms with Crippen LogP contribution in [0, 0.1) is 13.8 Å². The molecule has 0 spiro atoms. The number of benzene rings is 2. The normalized spacial score (nSPS) is 11.3. The van der Waals surface area contributed by atoms with Gasteiger partial charge in [-0.2, -0.15) is 0 Å². The molecule has 0 aliphatic rings. The van der Waals surface area contributed by atoms with E-state index in [4.69, 9.17) is 16.3 Å². The van der Waals surface area contributed by atoms with Crippen LogP contribution in [0.2, 0.25) is 5.02 Å².